The van der Waals surface area contributed by atoms with E-state index in [2.05, 4.69) is 67.3 Å². The van der Waals surface area contributed by atoms with Gasteiger partial charge in [-0.05, 0) is 30.7 Å². The molecule has 1 N–H and O–H groups in total. The summed E-state index contributed by atoms with van der Waals surface area (Å²) in [6.07, 6.45) is 4.07. The van der Waals surface area contributed by atoms with E-state index in [1.165, 1.54) is 10.4 Å². The molecule has 0 aliphatic carbocycles. The Labute approximate surface area is 134 Å². The number of aromatic nitrogens is 1. The van der Waals surface area contributed by atoms with Gasteiger partial charge < -0.3 is 5.32 Å². The molecular weight excluding hydrogens is 388 g/mol. The third-order valence-electron chi connectivity index (χ3n) is 2.87. The molecule has 1 aromatic heterocycles. The van der Waals surface area contributed by atoms with Crippen LogP contribution in [0.25, 0.3) is 0 Å². The van der Waals surface area contributed by atoms with Crippen LogP contribution in [-0.4, -0.2) is 11.5 Å². The van der Waals surface area contributed by atoms with Crippen molar-refractivity contribution in [2.45, 2.75) is 25.8 Å². The van der Waals surface area contributed by atoms with Crippen LogP contribution >= 0.6 is 43.2 Å². The highest BCUT2D eigenvalue weighted by Gasteiger charge is 2.15. The minimum absolute atomic E-state index is 0.322. The van der Waals surface area contributed by atoms with Crippen LogP contribution in [0.1, 0.15) is 29.8 Å². The van der Waals surface area contributed by atoms with Crippen LogP contribution in [0.3, 0.4) is 0 Å². The van der Waals surface area contributed by atoms with E-state index in [-0.39, 0.29) is 0 Å². The van der Waals surface area contributed by atoms with E-state index < -0.39 is 0 Å². The van der Waals surface area contributed by atoms with Crippen molar-refractivity contribution in [3.05, 3.63) is 49.3 Å². The molecule has 1 aromatic carbocycles. The lowest BCUT2D eigenvalue weighted by atomic mass is 10.0. The maximum atomic E-state index is 4.16. The fourth-order valence-electron chi connectivity index (χ4n) is 1.94. The molecule has 19 heavy (non-hydrogen) atoms. The third-order valence-corrected chi connectivity index (χ3v) is 4.85. The van der Waals surface area contributed by atoms with E-state index in [1.807, 2.05) is 11.7 Å². The lowest BCUT2D eigenvalue weighted by Gasteiger charge is -2.20. The van der Waals surface area contributed by atoms with Gasteiger partial charge in [0.05, 0.1) is 5.51 Å². The lowest BCUT2D eigenvalue weighted by molar-refractivity contribution is 0.530. The zero-order valence-electron chi connectivity index (χ0n) is 10.7. The molecule has 1 atom stereocenters. The van der Waals surface area contributed by atoms with Crippen LogP contribution < -0.4 is 5.32 Å². The van der Waals surface area contributed by atoms with E-state index in [9.17, 15) is 0 Å². The van der Waals surface area contributed by atoms with Gasteiger partial charge in [0.2, 0.25) is 0 Å². The molecule has 2 aromatic rings. The van der Waals surface area contributed by atoms with Gasteiger partial charge in [-0.1, -0.05) is 44.8 Å². The molecule has 0 amide bonds. The SMILES string of the molecule is CCCNC(Cc1cncs1)c1ccc(Br)cc1Br. The molecule has 1 unspecified atom stereocenters. The molecule has 2 rings (SSSR count). The second kappa shape index (κ2) is 7.53. The second-order valence-electron chi connectivity index (χ2n) is 4.34. The Morgan fingerprint density at radius 1 is 1.37 bits per heavy atom. The van der Waals surface area contributed by atoms with Gasteiger partial charge in [0, 0.05) is 32.5 Å². The van der Waals surface area contributed by atoms with Gasteiger partial charge in [-0.25, -0.2) is 0 Å². The summed E-state index contributed by atoms with van der Waals surface area (Å²) >= 11 is 8.87. The Kier molecular flexibility index (Phi) is 6.01. The van der Waals surface area contributed by atoms with E-state index in [0.717, 1.165) is 28.3 Å². The number of nitrogens with one attached hydrogen (secondary N) is 1. The van der Waals surface area contributed by atoms with Crippen LogP contribution in [0.2, 0.25) is 0 Å². The first-order valence-electron chi connectivity index (χ1n) is 6.26. The summed E-state index contributed by atoms with van der Waals surface area (Å²) in [7, 11) is 0. The molecule has 0 aliphatic rings. The molecule has 0 aliphatic heterocycles. The molecule has 5 heteroatoms. The first-order chi connectivity index (χ1) is 9.20. The zero-order chi connectivity index (χ0) is 13.7. The monoisotopic (exact) mass is 402 g/mol. The molecule has 0 saturated heterocycles. The Morgan fingerprint density at radius 3 is 2.84 bits per heavy atom. The van der Waals surface area contributed by atoms with Crippen LogP contribution in [0.4, 0.5) is 0 Å². The van der Waals surface area contributed by atoms with Gasteiger partial charge in [-0.3, -0.25) is 4.98 Å². The molecule has 2 nitrogen and oxygen atoms in total. The van der Waals surface area contributed by atoms with Gasteiger partial charge in [0.1, 0.15) is 0 Å². The number of rotatable bonds is 6. The maximum Gasteiger partial charge on any atom is 0.0794 e. The number of thiazole rings is 1. The predicted molar refractivity (Wildman–Crippen MR) is 88.7 cm³/mol. The molecular formula is C14H16Br2N2S. The zero-order valence-corrected chi connectivity index (χ0v) is 14.7. The van der Waals surface area contributed by atoms with E-state index in [1.54, 1.807) is 11.3 Å². The molecule has 102 valence electrons. The topological polar surface area (TPSA) is 24.9 Å². The fraction of sp³-hybridized carbons (Fsp3) is 0.357. The smallest absolute Gasteiger partial charge is 0.0794 e. The Morgan fingerprint density at radius 2 is 2.21 bits per heavy atom. The number of hydrogen-bond acceptors (Lipinski definition) is 3. The number of hydrogen-bond donors (Lipinski definition) is 1. The Bertz CT molecular complexity index is 514. The first-order valence-corrected chi connectivity index (χ1v) is 8.73. The molecule has 0 fully saturated rings. The minimum Gasteiger partial charge on any atom is -0.310 e. The number of halogens is 2. The van der Waals surface area contributed by atoms with Crippen LogP contribution in [-0.2, 0) is 6.42 Å². The summed E-state index contributed by atoms with van der Waals surface area (Å²) in [6, 6.07) is 6.68. The van der Waals surface area contributed by atoms with Gasteiger partial charge in [0.25, 0.3) is 0 Å². The highest BCUT2D eigenvalue weighted by Crippen LogP contribution is 2.29. The summed E-state index contributed by atoms with van der Waals surface area (Å²) in [5.74, 6) is 0. The first kappa shape index (κ1) is 15.2. The van der Waals surface area contributed by atoms with Crippen molar-refractivity contribution < 1.29 is 0 Å². The van der Waals surface area contributed by atoms with Crippen molar-refractivity contribution >= 4 is 43.2 Å². The highest BCUT2D eigenvalue weighted by molar-refractivity contribution is 9.11. The normalized spacial score (nSPS) is 12.6. The van der Waals surface area contributed by atoms with Gasteiger partial charge in [-0.2, -0.15) is 0 Å². The summed E-state index contributed by atoms with van der Waals surface area (Å²) in [6.45, 7) is 3.21. The van der Waals surface area contributed by atoms with E-state index in [4.69, 9.17) is 0 Å². The van der Waals surface area contributed by atoms with E-state index >= 15 is 0 Å². The average Bonchev–Trinajstić information content (AvgIpc) is 2.88. The lowest BCUT2D eigenvalue weighted by Crippen LogP contribution is -2.24. The highest BCUT2D eigenvalue weighted by atomic mass is 79.9. The van der Waals surface area contributed by atoms with E-state index in [0.29, 0.717) is 6.04 Å². The fourth-order valence-corrected chi connectivity index (χ4v) is 3.90. The quantitative estimate of drug-likeness (QED) is 0.737. The predicted octanol–water partition coefficient (Wildman–Crippen LogP) is 4.95. The average molecular weight is 404 g/mol. The molecule has 0 bridgehead atoms. The van der Waals surface area contributed by atoms with Crippen LogP contribution in [0.5, 0.6) is 0 Å². The second-order valence-corrected chi connectivity index (χ2v) is 7.09. The van der Waals surface area contributed by atoms with Crippen molar-refractivity contribution in [2.24, 2.45) is 0 Å². The maximum absolute atomic E-state index is 4.16. The molecule has 1 heterocycles. The van der Waals surface area contributed by atoms with Crippen molar-refractivity contribution in [3.63, 3.8) is 0 Å². The summed E-state index contributed by atoms with van der Waals surface area (Å²) in [5.41, 5.74) is 3.19. The van der Waals surface area contributed by atoms with Crippen LogP contribution in [0, 0.1) is 0 Å². The largest absolute Gasteiger partial charge is 0.310 e. The number of nitrogens with zero attached hydrogens (tertiary/aromatic N) is 1. The van der Waals surface area contributed by atoms with Gasteiger partial charge >= 0.3 is 0 Å². The van der Waals surface area contributed by atoms with Crippen LogP contribution in [0.15, 0.2) is 38.9 Å². The van der Waals surface area contributed by atoms with Crippen molar-refractivity contribution in [2.75, 3.05) is 6.54 Å². The van der Waals surface area contributed by atoms with Crippen molar-refractivity contribution in [1.29, 1.82) is 0 Å². The summed E-state index contributed by atoms with van der Waals surface area (Å²) < 4.78 is 2.23. The molecule has 0 radical (unpaired) electrons. The van der Waals surface area contributed by atoms with Crippen molar-refractivity contribution in [3.8, 4) is 0 Å². The summed E-state index contributed by atoms with van der Waals surface area (Å²) in [5, 5.41) is 3.62. The van der Waals surface area contributed by atoms with Gasteiger partial charge in [0.15, 0.2) is 0 Å². The van der Waals surface area contributed by atoms with Gasteiger partial charge in [-0.15, -0.1) is 11.3 Å². The summed E-state index contributed by atoms with van der Waals surface area (Å²) in [4.78, 5) is 5.47. The molecule has 0 spiro atoms. The minimum atomic E-state index is 0.322. The number of benzene rings is 1. The third kappa shape index (κ3) is 4.38. The Hall–Kier alpha value is -0.230. The standard InChI is InChI=1S/C14H16Br2N2S/c1-2-5-18-14(7-11-8-17-9-19-11)12-4-3-10(15)6-13(12)16/h3-4,6,8-9,14,18H,2,5,7H2,1H3. The van der Waals surface area contributed by atoms with Crippen molar-refractivity contribution in [1.82, 2.24) is 10.3 Å². The molecule has 0 saturated carbocycles. The Balaban J connectivity index is 2.20.